The molecule has 0 saturated carbocycles. The van der Waals surface area contributed by atoms with E-state index in [1.54, 1.807) is 39.0 Å². The molecule has 0 fully saturated rings. The predicted octanol–water partition coefficient (Wildman–Crippen LogP) is 2.08. The summed E-state index contributed by atoms with van der Waals surface area (Å²) in [5.41, 5.74) is 7.09. The largest absolute Gasteiger partial charge is 0.461 e. The van der Waals surface area contributed by atoms with Gasteiger partial charge in [-0.1, -0.05) is 13.0 Å². The molecular formula is C14H18N2O4. The number of oxazole rings is 1. The van der Waals surface area contributed by atoms with Crippen LogP contribution in [-0.2, 0) is 9.53 Å². The van der Waals surface area contributed by atoms with Crippen molar-refractivity contribution in [3.8, 4) is 0 Å². The summed E-state index contributed by atoms with van der Waals surface area (Å²) in [5.74, 6) is -1.07. The minimum absolute atomic E-state index is 0.247. The molecule has 20 heavy (non-hydrogen) atoms. The van der Waals surface area contributed by atoms with Gasteiger partial charge in [0.1, 0.15) is 11.6 Å². The number of aromatic nitrogens is 1. The lowest BCUT2D eigenvalue weighted by atomic mass is 10.2. The number of carbonyl (C=O) groups is 1. The standard InChI is InChI=1S/C14H18N2O4/c1-4-10(13(17)19-8(2)3)16-12-9(15)6-5-7-11(12)20-14(16)18/h5-8,10H,4,15H2,1-3H3. The minimum atomic E-state index is -0.740. The summed E-state index contributed by atoms with van der Waals surface area (Å²) in [6.07, 6.45) is 0.164. The third kappa shape index (κ3) is 2.41. The number of carbonyl (C=O) groups excluding carboxylic acids is 1. The maximum absolute atomic E-state index is 12.1. The SMILES string of the molecule is CCC(C(=O)OC(C)C)n1c(=O)oc2cccc(N)c21. The molecule has 2 aromatic rings. The summed E-state index contributed by atoms with van der Waals surface area (Å²) in [4.78, 5) is 24.1. The second-order valence-corrected chi connectivity index (χ2v) is 4.84. The number of nitrogen functional groups attached to an aromatic ring is 1. The Bertz CT molecular complexity index is 684. The quantitative estimate of drug-likeness (QED) is 0.683. The molecule has 2 rings (SSSR count). The van der Waals surface area contributed by atoms with Crippen molar-refractivity contribution in [2.24, 2.45) is 0 Å². The van der Waals surface area contributed by atoms with Gasteiger partial charge in [-0.2, -0.15) is 0 Å². The lowest BCUT2D eigenvalue weighted by Crippen LogP contribution is -2.29. The maximum Gasteiger partial charge on any atom is 0.420 e. The van der Waals surface area contributed by atoms with Crippen molar-refractivity contribution in [2.45, 2.75) is 39.3 Å². The van der Waals surface area contributed by atoms with Crippen LogP contribution in [-0.4, -0.2) is 16.6 Å². The molecule has 0 aliphatic rings. The Hall–Kier alpha value is -2.24. The van der Waals surface area contributed by atoms with Crippen LogP contribution in [0.25, 0.3) is 11.1 Å². The first-order valence-corrected chi connectivity index (χ1v) is 6.55. The smallest absolute Gasteiger partial charge is 0.420 e. The summed E-state index contributed by atoms with van der Waals surface area (Å²) in [6, 6.07) is 4.26. The van der Waals surface area contributed by atoms with E-state index < -0.39 is 17.8 Å². The van der Waals surface area contributed by atoms with Gasteiger partial charge in [-0.3, -0.25) is 4.57 Å². The Morgan fingerprint density at radius 3 is 2.75 bits per heavy atom. The molecule has 0 aliphatic carbocycles. The molecule has 0 bridgehead atoms. The second-order valence-electron chi connectivity index (χ2n) is 4.84. The van der Waals surface area contributed by atoms with E-state index in [9.17, 15) is 9.59 Å². The van der Waals surface area contributed by atoms with Crippen LogP contribution in [0, 0.1) is 0 Å². The number of ether oxygens (including phenoxy) is 1. The van der Waals surface area contributed by atoms with Crippen LogP contribution in [0.4, 0.5) is 5.69 Å². The van der Waals surface area contributed by atoms with Gasteiger partial charge in [-0.05, 0) is 32.4 Å². The monoisotopic (exact) mass is 278 g/mol. The number of rotatable bonds is 4. The van der Waals surface area contributed by atoms with Gasteiger partial charge in [0.15, 0.2) is 5.58 Å². The van der Waals surface area contributed by atoms with Crippen LogP contribution < -0.4 is 11.5 Å². The molecule has 1 aromatic carbocycles. The fourth-order valence-corrected chi connectivity index (χ4v) is 2.16. The van der Waals surface area contributed by atoms with Gasteiger partial charge < -0.3 is 14.9 Å². The number of nitrogens with zero attached hydrogens (tertiary/aromatic N) is 1. The van der Waals surface area contributed by atoms with Crippen LogP contribution >= 0.6 is 0 Å². The molecule has 0 amide bonds. The molecule has 1 unspecified atom stereocenters. The normalized spacial score (nSPS) is 12.8. The van der Waals surface area contributed by atoms with Gasteiger partial charge in [0.25, 0.3) is 0 Å². The fourth-order valence-electron chi connectivity index (χ4n) is 2.16. The molecule has 2 N–H and O–H groups in total. The topological polar surface area (TPSA) is 87.5 Å². The second kappa shape index (κ2) is 5.40. The Kier molecular flexibility index (Phi) is 3.83. The average Bonchev–Trinajstić information content (AvgIpc) is 2.68. The number of hydrogen-bond donors (Lipinski definition) is 1. The molecule has 108 valence electrons. The van der Waals surface area contributed by atoms with Gasteiger partial charge in [0.05, 0.1) is 11.8 Å². The summed E-state index contributed by atoms with van der Waals surface area (Å²) in [7, 11) is 0. The molecule has 6 heteroatoms. The summed E-state index contributed by atoms with van der Waals surface area (Å²) in [6.45, 7) is 5.32. The zero-order valence-corrected chi connectivity index (χ0v) is 11.8. The lowest BCUT2D eigenvalue weighted by molar-refractivity contribution is -0.151. The number of anilines is 1. The molecule has 1 aromatic heterocycles. The summed E-state index contributed by atoms with van der Waals surface area (Å²) < 4.78 is 11.6. The maximum atomic E-state index is 12.1. The molecule has 1 heterocycles. The zero-order chi connectivity index (χ0) is 14.9. The lowest BCUT2D eigenvalue weighted by Gasteiger charge is -2.17. The summed E-state index contributed by atoms with van der Waals surface area (Å²) in [5, 5.41) is 0. The average molecular weight is 278 g/mol. The highest BCUT2D eigenvalue weighted by molar-refractivity contribution is 5.87. The Morgan fingerprint density at radius 2 is 2.15 bits per heavy atom. The van der Waals surface area contributed by atoms with Crippen molar-refractivity contribution in [3.05, 3.63) is 28.7 Å². The van der Waals surface area contributed by atoms with Crippen molar-refractivity contribution < 1.29 is 13.9 Å². The molecule has 0 aliphatic heterocycles. The van der Waals surface area contributed by atoms with Crippen molar-refractivity contribution >= 4 is 22.8 Å². The number of esters is 1. The van der Waals surface area contributed by atoms with Crippen LogP contribution in [0.1, 0.15) is 33.2 Å². The van der Waals surface area contributed by atoms with E-state index in [4.69, 9.17) is 14.9 Å². The van der Waals surface area contributed by atoms with E-state index in [0.717, 1.165) is 0 Å². The number of benzene rings is 1. The molecule has 0 saturated heterocycles. The zero-order valence-electron chi connectivity index (χ0n) is 11.8. The first-order valence-electron chi connectivity index (χ1n) is 6.55. The van der Waals surface area contributed by atoms with E-state index >= 15 is 0 Å². The van der Waals surface area contributed by atoms with Crippen LogP contribution in [0.3, 0.4) is 0 Å². The van der Waals surface area contributed by atoms with Gasteiger partial charge in [0.2, 0.25) is 0 Å². The molecule has 0 spiro atoms. The number of para-hydroxylation sites is 1. The van der Waals surface area contributed by atoms with Crippen molar-refractivity contribution in [3.63, 3.8) is 0 Å². The van der Waals surface area contributed by atoms with E-state index in [-0.39, 0.29) is 6.10 Å². The van der Waals surface area contributed by atoms with Gasteiger partial charge in [0, 0.05) is 0 Å². The van der Waals surface area contributed by atoms with Crippen molar-refractivity contribution in [2.75, 3.05) is 5.73 Å². The Labute approximate surface area is 116 Å². The minimum Gasteiger partial charge on any atom is -0.461 e. The molecule has 6 nitrogen and oxygen atoms in total. The highest BCUT2D eigenvalue weighted by atomic mass is 16.5. The van der Waals surface area contributed by atoms with Crippen LogP contribution in [0.15, 0.2) is 27.4 Å². The molecule has 0 radical (unpaired) electrons. The predicted molar refractivity (Wildman–Crippen MR) is 75.4 cm³/mol. The Morgan fingerprint density at radius 1 is 1.45 bits per heavy atom. The molecular weight excluding hydrogens is 260 g/mol. The summed E-state index contributed by atoms with van der Waals surface area (Å²) >= 11 is 0. The first-order chi connectivity index (χ1) is 9.45. The molecule has 1 atom stereocenters. The highest BCUT2D eigenvalue weighted by Crippen LogP contribution is 2.25. The van der Waals surface area contributed by atoms with Gasteiger partial charge in [-0.15, -0.1) is 0 Å². The van der Waals surface area contributed by atoms with Crippen molar-refractivity contribution in [1.82, 2.24) is 4.57 Å². The van der Waals surface area contributed by atoms with Crippen LogP contribution in [0.2, 0.25) is 0 Å². The fraction of sp³-hybridized carbons (Fsp3) is 0.429. The van der Waals surface area contributed by atoms with E-state index in [1.165, 1.54) is 4.57 Å². The highest BCUT2D eigenvalue weighted by Gasteiger charge is 2.27. The third-order valence-electron chi connectivity index (χ3n) is 2.99. The van der Waals surface area contributed by atoms with Crippen LogP contribution in [0.5, 0.6) is 0 Å². The van der Waals surface area contributed by atoms with Gasteiger partial charge >= 0.3 is 11.7 Å². The van der Waals surface area contributed by atoms with E-state index in [1.807, 2.05) is 0 Å². The number of hydrogen-bond acceptors (Lipinski definition) is 5. The first kappa shape index (κ1) is 14.2. The number of fused-ring (bicyclic) bond motifs is 1. The van der Waals surface area contributed by atoms with Gasteiger partial charge in [-0.25, -0.2) is 9.59 Å². The number of nitrogens with two attached hydrogens (primary N) is 1. The van der Waals surface area contributed by atoms with E-state index in [0.29, 0.717) is 23.2 Å². The van der Waals surface area contributed by atoms with E-state index in [2.05, 4.69) is 0 Å². The Balaban J connectivity index is 2.58. The third-order valence-corrected chi connectivity index (χ3v) is 2.99. The van der Waals surface area contributed by atoms with Crippen molar-refractivity contribution in [1.29, 1.82) is 0 Å².